The van der Waals surface area contributed by atoms with E-state index in [1.807, 2.05) is 24.3 Å². The van der Waals surface area contributed by atoms with Crippen molar-refractivity contribution in [2.75, 3.05) is 18.2 Å². The van der Waals surface area contributed by atoms with Crippen LogP contribution in [-0.4, -0.2) is 40.9 Å². The Bertz CT molecular complexity index is 1320. The van der Waals surface area contributed by atoms with Crippen molar-refractivity contribution in [3.05, 3.63) is 96.0 Å². The van der Waals surface area contributed by atoms with Gasteiger partial charge in [-0.25, -0.2) is 4.39 Å². The second kappa shape index (κ2) is 9.11. The predicted molar refractivity (Wildman–Crippen MR) is 128 cm³/mol. The number of hydrogen-bond acceptors (Lipinski definition) is 4. The maximum atomic E-state index is 13.5. The summed E-state index contributed by atoms with van der Waals surface area (Å²) >= 11 is 1.66. The summed E-state index contributed by atoms with van der Waals surface area (Å²) in [5, 5.41) is 3.74. The number of fused-ring (bicyclic) bond motifs is 1. The predicted octanol–water partition coefficient (Wildman–Crippen LogP) is 5.18. The first-order chi connectivity index (χ1) is 16.1. The highest BCUT2D eigenvalue weighted by Gasteiger charge is 2.31. The fourth-order valence-corrected chi connectivity index (χ4v) is 5.28. The number of amides is 2. The van der Waals surface area contributed by atoms with Crippen LogP contribution >= 0.6 is 11.8 Å². The van der Waals surface area contributed by atoms with Crippen molar-refractivity contribution in [1.82, 2.24) is 10.2 Å². The van der Waals surface area contributed by atoms with E-state index in [4.69, 9.17) is 4.42 Å². The van der Waals surface area contributed by atoms with Crippen molar-refractivity contribution >= 4 is 34.5 Å². The van der Waals surface area contributed by atoms with E-state index in [-0.39, 0.29) is 23.7 Å². The largest absolute Gasteiger partial charge is 0.464 e. The van der Waals surface area contributed by atoms with E-state index in [0.29, 0.717) is 29.1 Å². The number of furan rings is 1. The number of nitrogens with zero attached hydrogens (tertiary/aromatic N) is 1. The molecule has 7 heteroatoms. The lowest BCUT2D eigenvalue weighted by molar-refractivity contribution is 0.0737. The number of halogens is 1. The molecule has 2 amide bonds. The number of hydrogen-bond donors (Lipinski definition) is 1. The van der Waals surface area contributed by atoms with Gasteiger partial charge in [0.05, 0.1) is 23.7 Å². The Labute approximate surface area is 194 Å². The van der Waals surface area contributed by atoms with Gasteiger partial charge in [0, 0.05) is 23.2 Å². The summed E-state index contributed by atoms with van der Waals surface area (Å²) in [7, 11) is 0. The normalized spacial score (nSPS) is 15.7. The summed E-state index contributed by atoms with van der Waals surface area (Å²) in [6.45, 7) is 0.352. The third kappa shape index (κ3) is 4.24. The van der Waals surface area contributed by atoms with Crippen molar-refractivity contribution in [3.8, 4) is 11.1 Å². The van der Waals surface area contributed by atoms with Gasteiger partial charge in [0.2, 0.25) is 0 Å². The van der Waals surface area contributed by atoms with Gasteiger partial charge in [-0.3, -0.25) is 9.59 Å². The molecule has 1 aliphatic heterocycles. The average Bonchev–Trinajstić information content (AvgIpc) is 3.52. The highest BCUT2D eigenvalue weighted by atomic mass is 32.2. The highest BCUT2D eigenvalue weighted by molar-refractivity contribution is 7.99. The average molecular weight is 461 g/mol. The Hall–Kier alpha value is -3.58. The maximum absolute atomic E-state index is 13.5. The standard InChI is InChI=1S/C26H21FN2O3S/c27-18-10-8-17(9-11-18)20-4-1-2-5-23(20)26(31)29-16-33-15-19(29)14-28-25(30)22-6-3-7-24-21(22)12-13-32-24/h1-13,19H,14-16H2,(H,28,30)/t19-/m1/s1. The molecule has 0 radical (unpaired) electrons. The van der Waals surface area contributed by atoms with Crippen LogP contribution in [0.3, 0.4) is 0 Å². The lowest BCUT2D eigenvalue weighted by Gasteiger charge is -2.25. The molecule has 166 valence electrons. The van der Waals surface area contributed by atoms with Crippen LogP contribution in [0, 0.1) is 5.82 Å². The lowest BCUT2D eigenvalue weighted by atomic mass is 9.98. The number of benzene rings is 3. The number of rotatable bonds is 5. The summed E-state index contributed by atoms with van der Waals surface area (Å²) in [6, 6.07) is 20.5. The lowest BCUT2D eigenvalue weighted by Crippen LogP contribution is -2.44. The van der Waals surface area contributed by atoms with Crippen molar-refractivity contribution in [1.29, 1.82) is 0 Å². The molecule has 1 aliphatic rings. The Morgan fingerprint density at radius 3 is 2.64 bits per heavy atom. The van der Waals surface area contributed by atoms with Gasteiger partial charge >= 0.3 is 0 Å². The first-order valence-electron chi connectivity index (χ1n) is 10.6. The maximum Gasteiger partial charge on any atom is 0.255 e. The number of carbonyl (C=O) groups is 2. The van der Waals surface area contributed by atoms with Crippen LogP contribution in [0.4, 0.5) is 4.39 Å². The van der Waals surface area contributed by atoms with Gasteiger partial charge < -0.3 is 14.6 Å². The van der Waals surface area contributed by atoms with E-state index in [1.54, 1.807) is 59.3 Å². The Balaban J connectivity index is 1.33. The molecule has 3 aromatic carbocycles. The van der Waals surface area contributed by atoms with E-state index < -0.39 is 0 Å². The molecule has 1 fully saturated rings. The van der Waals surface area contributed by atoms with E-state index in [2.05, 4.69) is 5.32 Å². The molecular weight excluding hydrogens is 439 g/mol. The van der Waals surface area contributed by atoms with Crippen LogP contribution in [0.25, 0.3) is 22.1 Å². The summed E-state index contributed by atoms with van der Waals surface area (Å²) in [6.07, 6.45) is 1.56. The second-order valence-electron chi connectivity index (χ2n) is 7.83. The number of nitrogens with one attached hydrogen (secondary N) is 1. The van der Waals surface area contributed by atoms with Gasteiger partial charge in [-0.2, -0.15) is 0 Å². The Morgan fingerprint density at radius 1 is 1.00 bits per heavy atom. The van der Waals surface area contributed by atoms with Gasteiger partial charge in [-0.05, 0) is 47.5 Å². The molecule has 5 nitrogen and oxygen atoms in total. The summed E-state index contributed by atoms with van der Waals surface area (Å²) in [4.78, 5) is 28.1. The molecule has 0 unspecified atom stereocenters. The van der Waals surface area contributed by atoms with Crippen molar-refractivity contribution < 1.29 is 18.4 Å². The van der Waals surface area contributed by atoms with Crippen LogP contribution in [0.2, 0.25) is 0 Å². The first kappa shape index (κ1) is 21.3. The van der Waals surface area contributed by atoms with Crippen LogP contribution in [-0.2, 0) is 0 Å². The quantitative estimate of drug-likeness (QED) is 0.446. The zero-order chi connectivity index (χ0) is 22.8. The molecule has 2 heterocycles. The molecule has 0 saturated carbocycles. The molecule has 5 rings (SSSR count). The second-order valence-corrected chi connectivity index (χ2v) is 8.83. The van der Waals surface area contributed by atoms with Gasteiger partial charge in [-0.1, -0.05) is 36.4 Å². The van der Waals surface area contributed by atoms with E-state index in [9.17, 15) is 14.0 Å². The molecule has 1 atom stereocenters. The third-order valence-electron chi connectivity index (χ3n) is 5.79. The minimum Gasteiger partial charge on any atom is -0.464 e. The Morgan fingerprint density at radius 2 is 1.79 bits per heavy atom. The van der Waals surface area contributed by atoms with Gasteiger partial charge in [0.1, 0.15) is 11.4 Å². The molecule has 33 heavy (non-hydrogen) atoms. The van der Waals surface area contributed by atoms with Crippen LogP contribution < -0.4 is 5.32 Å². The molecule has 0 spiro atoms. The summed E-state index contributed by atoms with van der Waals surface area (Å²) < 4.78 is 18.8. The van der Waals surface area contributed by atoms with E-state index in [1.165, 1.54) is 12.1 Å². The molecule has 4 aromatic rings. The first-order valence-corrected chi connectivity index (χ1v) is 11.8. The smallest absolute Gasteiger partial charge is 0.255 e. The van der Waals surface area contributed by atoms with Gasteiger partial charge in [0.25, 0.3) is 11.8 Å². The number of carbonyl (C=O) groups excluding carboxylic acids is 2. The van der Waals surface area contributed by atoms with Crippen molar-refractivity contribution in [2.45, 2.75) is 6.04 Å². The minimum absolute atomic E-state index is 0.101. The molecule has 1 N–H and O–H groups in total. The molecule has 1 aromatic heterocycles. The zero-order valence-corrected chi connectivity index (χ0v) is 18.5. The molecule has 0 aliphatic carbocycles. The van der Waals surface area contributed by atoms with Crippen LogP contribution in [0.1, 0.15) is 20.7 Å². The fourth-order valence-electron chi connectivity index (χ4n) is 4.08. The van der Waals surface area contributed by atoms with Crippen molar-refractivity contribution in [3.63, 3.8) is 0 Å². The topological polar surface area (TPSA) is 62.6 Å². The van der Waals surface area contributed by atoms with E-state index >= 15 is 0 Å². The molecule has 1 saturated heterocycles. The number of thioether (sulfide) groups is 1. The summed E-state index contributed by atoms with van der Waals surface area (Å²) in [5.41, 5.74) is 3.31. The van der Waals surface area contributed by atoms with Crippen LogP contribution in [0.15, 0.2) is 83.5 Å². The minimum atomic E-state index is -0.319. The van der Waals surface area contributed by atoms with Crippen molar-refractivity contribution in [2.24, 2.45) is 0 Å². The van der Waals surface area contributed by atoms with Crippen LogP contribution in [0.5, 0.6) is 0 Å². The molecular formula is C26H21FN2O3S. The fraction of sp³-hybridized carbons (Fsp3) is 0.154. The van der Waals surface area contributed by atoms with E-state index in [0.717, 1.165) is 22.3 Å². The van der Waals surface area contributed by atoms with Gasteiger partial charge in [-0.15, -0.1) is 11.8 Å². The molecule has 0 bridgehead atoms. The summed E-state index contributed by atoms with van der Waals surface area (Å²) in [5.74, 6) is 0.671. The zero-order valence-electron chi connectivity index (χ0n) is 17.7. The Kier molecular flexibility index (Phi) is 5.88. The monoisotopic (exact) mass is 460 g/mol. The highest BCUT2D eigenvalue weighted by Crippen LogP contribution is 2.29. The third-order valence-corrected chi connectivity index (χ3v) is 6.87. The SMILES string of the molecule is O=C(NC[C@@H]1CSCN1C(=O)c1ccccc1-c1ccc(F)cc1)c1cccc2occc12. The van der Waals surface area contributed by atoms with Gasteiger partial charge in [0.15, 0.2) is 0 Å².